The molecule has 0 aliphatic rings. The van der Waals surface area contributed by atoms with Crippen molar-refractivity contribution in [1.82, 2.24) is 10.2 Å². The number of hydrogen-bond acceptors (Lipinski definition) is 4. The number of carbonyl (C=O) groups is 2. The predicted octanol–water partition coefficient (Wildman–Crippen LogP) is 6.45. The van der Waals surface area contributed by atoms with Gasteiger partial charge in [0.25, 0.3) is 0 Å². The van der Waals surface area contributed by atoms with Crippen LogP contribution in [0.3, 0.4) is 0 Å². The van der Waals surface area contributed by atoms with Gasteiger partial charge in [-0.2, -0.15) is 0 Å². The lowest BCUT2D eigenvalue weighted by Gasteiger charge is -2.31. The van der Waals surface area contributed by atoms with Gasteiger partial charge in [-0.3, -0.25) is 9.59 Å². The Bertz CT molecular complexity index is 1000. The summed E-state index contributed by atoms with van der Waals surface area (Å²) in [5.41, 5.74) is 1.70. The molecule has 1 atom stereocenters. The molecule has 0 saturated carbocycles. The Balaban J connectivity index is 2.24. The van der Waals surface area contributed by atoms with Crippen LogP contribution in [0.15, 0.2) is 36.4 Å². The van der Waals surface area contributed by atoms with Gasteiger partial charge in [0.1, 0.15) is 6.04 Å². The van der Waals surface area contributed by atoms with Crippen molar-refractivity contribution in [2.24, 2.45) is 0 Å². The molecule has 2 rings (SSSR count). The van der Waals surface area contributed by atoms with E-state index in [1.165, 1.54) is 0 Å². The molecule has 0 heterocycles. The fourth-order valence-corrected chi connectivity index (χ4v) is 4.37. The van der Waals surface area contributed by atoms with Gasteiger partial charge in [0, 0.05) is 29.6 Å². The summed E-state index contributed by atoms with van der Waals surface area (Å²) in [4.78, 5) is 28.2. The molecule has 0 radical (unpaired) electrons. The first kappa shape index (κ1) is 29.8. The van der Waals surface area contributed by atoms with Crippen molar-refractivity contribution in [2.45, 2.75) is 72.4 Å². The average molecular weight is 538 g/mol. The Kier molecular flexibility index (Phi) is 12.9. The highest BCUT2D eigenvalue weighted by Crippen LogP contribution is 2.29. The zero-order valence-electron chi connectivity index (χ0n) is 21.7. The maximum absolute atomic E-state index is 13.5. The van der Waals surface area contributed by atoms with Crippen LogP contribution in [-0.4, -0.2) is 42.5 Å². The minimum Gasteiger partial charge on any atom is -0.490 e. The molecule has 8 heteroatoms. The van der Waals surface area contributed by atoms with Crippen molar-refractivity contribution >= 4 is 35.0 Å². The first-order valence-corrected chi connectivity index (χ1v) is 13.5. The lowest BCUT2D eigenvalue weighted by molar-refractivity contribution is -0.141. The first-order chi connectivity index (χ1) is 17.3. The smallest absolute Gasteiger partial charge is 0.242 e. The normalized spacial score (nSPS) is 11.6. The molecule has 2 amide bonds. The Morgan fingerprint density at radius 1 is 0.972 bits per heavy atom. The number of carbonyl (C=O) groups excluding carboxylic acids is 2. The van der Waals surface area contributed by atoms with Crippen molar-refractivity contribution in [2.75, 3.05) is 19.8 Å². The van der Waals surface area contributed by atoms with E-state index in [9.17, 15) is 9.59 Å². The number of halogens is 2. The predicted molar refractivity (Wildman–Crippen MR) is 146 cm³/mol. The fraction of sp³-hybridized carbons (Fsp3) is 0.500. The topological polar surface area (TPSA) is 67.9 Å². The Morgan fingerprint density at radius 2 is 1.69 bits per heavy atom. The van der Waals surface area contributed by atoms with Crippen LogP contribution in [0.5, 0.6) is 11.5 Å². The molecule has 0 aromatic heterocycles. The SMILES string of the molecule is CCCCNC(=O)C(CC)N(Cc1ccc(Cl)cc1Cl)C(=O)CCc1ccc(OCC)c(OCC)c1. The Hall–Kier alpha value is -2.44. The molecule has 1 unspecified atom stereocenters. The van der Waals surface area contributed by atoms with Gasteiger partial charge in [-0.25, -0.2) is 0 Å². The number of rotatable bonds is 15. The second-order valence-corrected chi connectivity index (χ2v) is 9.32. The highest BCUT2D eigenvalue weighted by molar-refractivity contribution is 6.35. The summed E-state index contributed by atoms with van der Waals surface area (Å²) >= 11 is 12.5. The summed E-state index contributed by atoms with van der Waals surface area (Å²) in [5, 5.41) is 3.96. The number of unbranched alkanes of at least 4 members (excludes halogenated alkanes) is 1. The van der Waals surface area contributed by atoms with Crippen molar-refractivity contribution in [1.29, 1.82) is 0 Å². The van der Waals surface area contributed by atoms with Gasteiger partial charge < -0.3 is 19.7 Å². The van der Waals surface area contributed by atoms with Gasteiger partial charge in [-0.1, -0.05) is 55.6 Å². The minimum absolute atomic E-state index is 0.120. The standard InChI is InChI=1S/C28H38Cl2N2O4/c1-5-9-16-31-28(34)24(6-2)32(19-21-12-13-22(29)18-23(21)30)27(33)15-11-20-10-14-25(35-7-3)26(17-20)36-8-4/h10,12-14,17-18,24H,5-9,11,15-16,19H2,1-4H3,(H,31,34). The molecule has 2 aromatic carbocycles. The van der Waals surface area contributed by atoms with Crippen LogP contribution in [0.1, 0.15) is 64.5 Å². The number of hydrogen-bond donors (Lipinski definition) is 1. The number of aryl methyl sites for hydroxylation is 1. The van der Waals surface area contributed by atoms with E-state index in [1.54, 1.807) is 23.1 Å². The highest BCUT2D eigenvalue weighted by atomic mass is 35.5. The van der Waals surface area contributed by atoms with Crippen LogP contribution in [0.25, 0.3) is 0 Å². The molecule has 1 N–H and O–H groups in total. The Morgan fingerprint density at radius 3 is 2.33 bits per heavy atom. The number of amides is 2. The van der Waals surface area contributed by atoms with Crippen LogP contribution in [0, 0.1) is 0 Å². The van der Waals surface area contributed by atoms with Gasteiger partial charge in [-0.05, 0) is 68.5 Å². The fourth-order valence-electron chi connectivity index (χ4n) is 3.91. The van der Waals surface area contributed by atoms with E-state index in [0.29, 0.717) is 54.1 Å². The quantitative estimate of drug-likeness (QED) is 0.265. The number of benzene rings is 2. The summed E-state index contributed by atoms with van der Waals surface area (Å²) in [7, 11) is 0. The summed E-state index contributed by atoms with van der Waals surface area (Å²) in [6.45, 7) is 9.69. The van der Waals surface area contributed by atoms with Crippen LogP contribution in [0.2, 0.25) is 10.0 Å². The van der Waals surface area contributed by atoms with E-state index in [1.807, 2.05) is 39.0 Å². The van der Waals surface area contributed by atoms with E-state index in [2.05, 4.69) is 12.2 Å². The average Bonchev–Trinajstić information content (AvgIpc) is 2.85. The van der Waals surface area contributed by atoms with Gasteiger partial charge in [-0.15, -0.1) is 0 Å². The van der Waals surface area contributed by atoms with E-state index in [0.717, 1.165) is 24.0 Å². The third kappa shape index (κ3) is 8.90. The van der Waals surface area contributed by atoms with Crippen molar-refractivity contribution < 1.29 is 19.1 Å². The highest BCUT2D eigenvalue weighted by Gasteiger charge is 2.28. The molecule has 2 aromatic rings. The van der Waals surface area contributed by atoms with E-state index in [4.69, 9.17) is 32.7 Å². The third-order valence-electron chi connectivity index (χ3n) is 5.81. The summed E-state index contributed by atoms with van der Waals surface area (Å²) in [6.07, 6.45) is 3.10. The minimum atomic E-state index is -0.597. The molecule has 0 aliphatic carbocycles. The second kappa shape index (κ2) is 15.6. The Labute approximate surface area is 225 Å². The zero-order chi connectivity index (χ0) is 26.5. The molecule has 36 heavy (non-hydrogen) atoms. The molecule has 0 aliphatic heterocycles. The molecule has 0 saturated heterocycles. The van der Waals surface area contributed by atoms with Gasteiger partial charge in [0.05, 0.1) is 13.2 Å². The van der Waals surface area contributed by atoms with Crippen molar-refractivity contribution in [3.63, 3.8) is 0 Å². The molecular weight excluding hydrogens is 499 g/mol. The maximum atomic E-state index is 13.5. The lowest BCUT2D eigenvalue weighted by Crippen LogP contribution is -2.49. The summed E-state index contributed by atoms with van der Waals surface area (Å²) in [5.74, 6) is 1.08. The monoisotopic (exact) mass is 536 g/mol. The molecule has 6 nitrogen and oxygen atoms in total. The first-order valence-electron chi connectivity index (χ1n) is 12.7. The number of nitrogens with one attached hydrogen (secondary N) is 1. The zero-order valence-corrected chi connectivity index (χ0v) is 23.3. The van der Waals surface area contributed by atoms with Gasteiger partial charge in [0.15, 0.2) is 11.5 Å². The molecule has 0 bridgehead atoms. The van der Waals surface area contributed by atoms with Crippen LogP contribution in [0.4, 0.5) is 0 Å². The molecule has 0 fully saturated rings. The maximum Gasteiger partial charge on any atom is 0.242 e. The molecule has 198 valence electrons. The number of nitrogens with zero attached hydrogens (tertiary/aromatic N) is 1. The van der Waals surface area contributed by atoms with E-state index < -0.39 is 6.04 Å². The van der Waals surface area contributed by atoms with Gasteiger partial charge >= 0.3 is 0 Å². The van der Waals surface area contributed by atoms with Crippen LogP contribution < -0.4 is 14.8 Å². The van der Waals surface area contributed by atoms with Crippen molar-refractivity contribution in [3.8, 4) is 11.5 Å². The van der Waals surface area contributed by atoms with E-state index in [-0.39, 0.29) is 24.8 Å². The van der Waals surface area contributed by atoms with Gasteiger partial charge in [0.2, 0.25) is 11.8 Å². The molecular formula is C28H38Cl2N2O4. The largest absolute Gasteiger partial charge is 0.490 e. The number of ether oxygens (including phenoxy) is 2. The van der Waals surface area contributed by atoms with Crippen LogP contribution >= 0.6 is 23.2 Å². The summed E-state index contributed by atoms with van der Waals surface area (Å²) < 4.78 is 11.4. The third-order valence-corrected chi connectivity index (χ3v) is 6.39. The van der Waals surface area contributed by atoms with E-state index >= 15 is 0 Å². The second-order valence-electron chi connectivity index (χ2n) is 8.47. The van der Waals surface area contributed by atoms with Crippen molar-refractivity contribution in [3.05, 3.63) is 57.6 Å². The lowest BCUT2D eigenvalue weighted by atomic mass is 10.1. The summed E-state index contributed by atoms with van der Waals surface area (Å²) in [6, 6.07) is 10.3. The van der Waals surface area contributed by atoms with Crippen LogP contribution in [-0.2, 0) is 22.6 Å². The molecule has 0 spiro atoms.